The molecule has 0 bridgehead atoms. The van der Waals surface area contributed by atoms with Gasteiger partial charge in [-0.15, -0.1) is 28.1 Å². The molecule has 2 heterocycles. The Bertz CT molecular complexity index is 1310. The van der Waals surface area contributed by atoms with Gasteiger partial charge in [-0.25, -0.2) is 0 Å². The Labute approximate surface area is 217 Å². The summed E-state index contributed by atoms with van der Waals surface area (Å²) < 4.78 is 6.90. The highest BCUT2D eigenvalue weighted by molar-refractivity contribution is 7.99. The van der Waals surface area contributed by atoms with Crippen molar-refractivity contribution in [3.8, 4) is 11.8 Å². The van der Waals surface area contributed by atoms with Crippen LogP contribution >= 0.6 is 23.1 Å². The maximum atomic E-state index is 12.7. The number of methoxy groups -OCH3 is 1. The Hall–Kier alpha value is -3.62. The number of carbonyl (C=O) groups is 2. The van der Waals surface area contributed by atoms with E-state index in [9.17, 15) is 14.9 Å². The summed E-state index contributed by atoms with van der Waals surface area (Å²) >= 11 is 2.72. The Kier molecular flexibility index (Phi) is 8.40. The van der Waals surface area contributed by atoms with Crippen molar-refractivity contribution in [2.75, 3.05) is 23.5 Å². The number of amides is 2. The van der Waals surface area contributed by atoms with Gasteiger partial charge in [-0.05, 0) is 55.5 Å². The summed E-state index contributed by atoms with van der Waals surface area (Å²) in [5.41, 5.74) is 2.32. The molecule has 2 N–H and O–H groups in total. The van der Waals surface area contributed by atoms with Gasteiger partial charge in [0.15, 0.2) is 5.16 Å². The van der Waals surface area contributed by atoms with Crippen LogP contribution in [-0.4, -0.2) is 39.4 Å². The number of benzene rings is 1. The highest BCUT2D eigenvalue weighted by Gasteiger charge is 2.22. The van der Waals surface area contributed by atoms with E-state index in [1.807, 2.05) is 0 Å². The predicted octanol–water partition coefficient (Wildman–Crippen LogP) is 4.20. The van der Waals surface area contributed by atoms with Crippen LogP contribution in [-0.2, 0) is 35.4 Å². The molecule has 0 fully saturated rings. The second kappa shape index (κ2) is 11.9. The van der Waals surface area contributed by atoms with E-state index in [1.165, 1.54) is 28.0 Å². The number of anilines is 2. The third-order valence-electron chi connectivity index (χ3n) is 5.67. The lowest BCUT2D eigenvalue weighted by atomic mass is 9.96. The first kappa shape index (κ1) is 25.5. The maximum absolute atomic E-state index is 12.7. The second-order valence-electron chi connectivity index (χ2n) is 8.12. The van der Waals surface area contributed by atoms with Crippen molar-refractivity contribution in [2.24, 2.45) is 0 Å². The lowest BCUT2D eigenvalue weighted by Crippen LogP contribution is -2.18. The van der Waals surface area contributed by atoms with Crippen molar-refractivity contribution in [1.29, 1.82) is 5.26 Å². The van der Waals surface area contributed by atoms with Crippen LogP contribution in [0.3, 0.4) is 0 Å². The van der Waals surface area contributed by atoms with Gasteiger partial charge >= 0.3 is 0 Å². The Morgan fingerprint density at radius 2 is 2.00 bits per heavy atom. The minimum absolute atomic E-state index is 0.0197. The number of nitrogens with one attached hydrogen (secondary N) is 2. The summed E-state index contributed by atoms with van der Waals surface area (Å²) in [4.78, 5) is 26.5. The molecule has 0 saturated carbocycles. The van der Waals surface area contributed by atoms with Crippen LogP contribution in [0, 0.1) is 11.3 Å². The lowest BCUT2D eigenvalue weighted by molar-refractivity contribution is -0.116. The molecule has 3 aromatic rings. The van der Waals surface area contributed by atoms with E-state index in [0.29, 0.717) is 39.5 Å². The number of hydrogen-bond donors (Lipinski definition) is 2. The number of thioether (sulfide) groups is 1. The van der Waals surface area contributed by atoms with Crippen molar-refractivity contribution in [3.05, 3.63) is 58.7 Å². The summed E-state index contributed by atoms with van der Waals surface area (Å²) in [6.07, 6.45) is 5.74. The fraction of sp³-hybridized carbons (Fsp3) is 0.320. The molecule has 0 radical (unpaired) electrons. The van der Waals surface area contributed by atoms with E-state index in [1.54, 1.807) is 42.0 Å². The summed E-state index contributed by atoms with van der Waals surface area (Å²) in [5.74, 6) is 0.814. The van der Waals surface area contributed by atoms with E-state index in [0.717, 1.165) is 31.2 Å². The molecule has 0 aliphatic heterocycles. The van der Waals surface area contributed by atoms with Crippen LogP contribution in [0.4, 0.5) is 10.7 Å². The zero-order chi connectivity index (χ0) is 25.5. The first-order valence-corrected chi connectivity index (χ1v) is 13.3. The topological polar surface area (TPSA) is 122 Å². The standard InChI is InChI=1S/C25H26N6O3S2/c1-3-12-31-21(13-22(32)27-16-8-10-17(34-2)11-9-16)29-30-25(31)35-15-23(33)28-24-19(14-26)18-6-4-5-7-20(18)36-24/h3,8-11H,1,4-7,12-13,15H2,2H3,(H,27,32)(H,28,33). The monoisotopic (exact) mass is 522 g/mol. The number of carbonyl (C=O) groups excluding carboxylic acids is 2. The van der Waals surface area contributed by atoms with Gasteiger partial charge in [-0.1, -0.05) is 17.8 Å². The van der Waals surface area contributed by atoms with Crippen molar-refractivity contribution in [3.63, 3.8) is 0 Å². The van der Waals surface area contributed by atoms with Crippen molar-refractivity contribution in [1.82, 2.24) is 14.8 Å². The number of hydrogen-bond acceptors (Lipinski definition) is 8. The highest BCUT2D eigenvalue weighted by atomic mass is 32.2. The maximum Gasteiger partial charge on any atom is 0.235 e. The highest BCUT2D eigenvalue weighted by Crippen LogP contribution is 2.37. The Morgan fingerprint density at radius 3 is 2.72 bits per heavy atom. The zero-order valence-corrected chi connectivity index (χ0v) is 21.5. The number of rotatable bonds is 10. The van der Waals surface area contributed by atoms with Crippen molar-refractivity contribution < 1.29 is 14.3 Å². The number of aryl methyl sites for hydroxylation is 1. The lowest BCUT2D eigenvalue weighted by Gasteiger charge is -2.09. The molecular weight excluding hydrogens is 496 g/mol. The number of allylic oxidation sites excluding steroid dienone is 1. The molecule has 0 atom stereocenters. The van der Waals surface area contributed by atoms with Crippen LogP contribution in [0.2, 0.25) is 0 Å². The molecule has 186 valence electrons. The minimum Gasteiger partial charge on any atom is -0.497 e. The zero-order valence-electron chi connectivity index (χ0n) is 19.9. The average molecular weight is 523 g/mol. The summed E-state index contributed by atoms with van der Waals surface area (Å²) in [7, 11) is 1.58. The number of nitrogens with zero attached hydrogens (tertiary/aromatic N) is 4. The quantitative estimate of drug-likeness (QED) is 0.302. The van der Waals surface area contributed by atoms with E-state index < -0.39 is 0 Å². The molecule has 1 aromatic carbocycles. The molecule has 11 heteroatoms. The molecule has 9 nitrogen and oxygen atoms in total. The normalized spacial score (nSPS) is 12.3. The summed E-state index contributed by atoms with van der Waals surface area (Å²) in [5, 5.41) is 24.8. The van der Waals surface area contributed by atoms with Gasteiger partial charge < -0.3 is 19.9 Å². The summed E-state index contributed by atoms with van der Waals surface area (Å²) in [6.45, 7) is 4.18. The fourth-order valence-corrected chi connectivity index (χ4v) is 5.98. The Balaban J connectivity index is 1.38. The number of ether oxygens (including phenoxy) is 1. The molecular formula is C25H26N6O3S2. The van der Waals surface area contributed by atoms with Crippen LogP contribution in [0.25, 0.3) is 0 Å². The van der Waals surface area contributed by atoms with Crippen molar-refractivity contribution >= 4 is 45.6 Å². The fourth-order valence-electron chi connectivity index (χ4n) is 3.96. The van der Waals surface area contributed by atoms with E-state index in [2.05, 4.69) is 33.5 Å². The molecule has 2 aromatic heterocycles. The first-order valence-electron chi connectivity index (χ1n) is 11.5. The first-order chi connectivity index (χ1) is 17.5. The number of aromatic nitrogens is 3. The molecule has 1 aliphatic carbocycles. The van der Waals surface area contributed by atoms with E-state index in [4.69, 9.17) is 4.74 Å². The van der Waals surface area contributed by atoms with Crippen molar-refractivity contribution in [2.45, 2.75) is 43.8 Å². The molecule has 0 saturated heterocycles. The average Bonchev–Trinajstić information content (AvgIpc) is 3.43. The number of thiophene rings is 1. The van der Waals surface area contributed by atoms with Crippen LogP contribution in [0.1, 0.15) is 34.7 Å². The summed E-state index contributed by atoms with van der Waals surface area (Å²) in [6, 6.07) is 9.30. The molecule has 0 spiro atoms. The van der Waals surface area contributed by atoms with Gasteiger partial charge in [0, 0.05) is 17.1 Å². The Morgan fingerprint density at radius 1 is 1.22 bits per heavy atom. The molecule has 4 rings (SSSR count). The van der Waals surface area contributed by atoms with E-state index in [-0.39, 0.29) is 24.0 Å². The van der Waals surface area contributed by atoms with Gasteiger partial charge in [-0.2, -0.15) is 5.26 Å². The molecule has 2 amide bonds. The largest absolute Gasteiger partial charge is 0.497 e. The molecule has 0 unspecified atom stereocenters. The van der Waals surface area contributed by atoms with Crippen LogP contribution < -0.4 is 15.4 Å². The molecule has 1 aliphatic rings. The number of nitriles is 1. The molecule has 36 heavy (non-hydrogen) atoms. The van der Waals surface area contributed by atoms with Gasteiger partial charge in [-0.3, -0.25) is 9.59 Å². The van der Waals surface area contributed by atoms with Gasteiger partial charge in [0.2, 0.25) is 11.8 Å². The third-order valence-corrected chi connectivity index (χ3v) is 7.84. The van der Waals surface area contributed by atoms with Gasteiger partial charge in [0.25, 0.3) is 0 Å². The van der Waals surface area contributed by atoms with E-state index >= 15 is 0 Å². The predicted molar refractivity (Wildman–Crippen MR) is 141 cm³/mol. The number of fused-ring (bicyclic) bond motifs is 1. The van der Waals surface area contributed by atoms with Gasteiger partial charge in [0.1, 0.15) is 22.6 Å². The second-order valence-corrected chi connectivity index (χ2v) is 10.2. The SMILES string of the molecule is C=CCn1c(CC(=O)Nc2ccc(OC)cc2)nnc1SCC(=O)Nc1sc2c(c1C#N)CCCC2. The minimum atomic E-state index is -0.238. The third kappa shape index (κ3) is 5.95. The van der Waals surface area contributed by atoms with Crippen LogP contribution in [0.5, 0.6) is 5.75 Å². The van der Waals surface area contributed by atoms with Crippen LogP contribution in [0.15, 0.2) is 42.1 Å². The smallest absolute Gasteiger partial charge is 0.235 e. The van der Waals surface area contributed by atoms with Gasteiger partial charge in [0.05, 0.1) is 24.8 Å².